The Morgan fingerprint density at radius 2 is 1.17 bits per heavy atom. The van der Waals surface area contributed by atoms with Crippen molar-refractivity contribution in [3.8, 4) is 0 Å². The molecule has 0 atom stereocenters. The Morgan fingerprint density at radius 1 is 0.833 bits per heavy atom. The second-order valence-electron chi connectivity index (χ2n) is 1.77. The van der Waals surface area contributed by atoms with E-state index in [1.54, 1.807) is 21.3 Å². The third-order valence-corrected chi connectivity index (χ3v) is 1.04. The zero-order chi connectivity index (χ0) is 7.11. The van der Waals surface area contributed by atoms with Crippen LogP contribution in [0.5, 0.6) is 0 Å². The molecule has 0 saturated heterocycles. The molecule has 0 bridgehead atoms. The standard InChI is InChI=1S/C6H14O3.3CH4/c1-7-4-6(9-3)5-8-2;;;/h6H,4-5H2,1-3H3;3*1H4. The van der Waals surface area contributed by atoms with E-state index < -0.39 is 0 Å². The summed E-state index contributed by atoms with van der Waals surface area (Å²) in [6.45, 7) is 1.18. The van der Waals surface area contributed by atoms with Gasteiger partial charge in [0.2, 0.25) is 0 Å². The predicted octanol–water partition coefficient (Wildman–Crippen LogP) is 2.20. The van der Waals surface area contributed by atoms with Crippen LogP contribution in [0.2, 0.25) is 0 Å². The first-order valence-corrected chi connectivity index (χ1v) is 2.85. The summed E-state index contributed by atoms with van der Waals surface area (Å²) in [6.07, 6.45) is 0.0694. The minimum Gasteiger partial charge on any atom is -0.382 e. The number of ether oxygens (including phenoxy) is 3. The van der Waals surface area contributed by atoms with E-state index >= 15 is 0 Å². The lowest BCUT2D eigenvalue weighted by molar-refractivity contribution is -0.0178. The molecule has 0 aromatic rings. The highest BCUT2D eigenvalue weighted by Crippen LogP contribution is 1.89. The number of hydrogen-bond donors (Lipinski definition) is 0. The van der Waals surface area contributed by atoms with Crippen molar-refractivity contribution in [2.45, 2.75) is 28.4 Å². The summed E-state index contributed by atoms with van der Waals surface area (Å²) in [6, 6.07) is 0. The van der Waals surface area contributed by atoms with E-state index in [0.29, 0.717) is 13.2 Å². The van der Waals surface area contributed by atoms with E-state index in [4.69, 9.17) is 14.2 Å². The second kappa shape index (κ2) is 17.1. The zero-order valence-corrected chi connectivity index (χ0v) is 6.22. The van der Waals surface area contributed by atoms with Crippen molar-refractivity contribution in [1.82, 2.24) is 0 Å². The lowest BCUT2D eigenvalue weighted by Crippen LogP contribution is -2.22. The van der Waals surface area contributed by atoms with Gasteiger partial charge in [-0.3, -0.25) is 0 Å². The van der Waals surface area contributed by atoms with Gasteiger partial charge in [0.1, 0.15) is 6.10 Å². The molecule has 0 rings (SSSR count). The molecule has 0 saturated carbocycles. The van der Waals surface area contributed by atoms with E-state index in [9.17, 15) is 0 Å². The average molecular weight is 182 g/mol. The lowest BCUT2D eigenvalue weighted by atomic mass is 10.4. The summed E-state index contributed by atoms with van der Waals surface area (Å²) in [7, 11) is 4.92. The van der Waals surface area contributed by atoms with Crippen molar-refractivity contribution in [2.75, 3.05) is 34.5 Å². The van der Waals surface area contributed by atoms with Crippen molar-refractivity contribution in [1.29, 1.82) is 0 Å². The highest BCUT2D eigenvalue weighted by atomic mass is 16.5. The first-order chi connectivity index (χ1) is 4.35. The van der Waals surface area contributed by atoms with Gasteiger partial charge in [-0.05, 0) is 0 Å². The van der Waals surface area contributed by atoms with Crippen LogP contribution in [0.3, 0.4) is 0 Å². The van der Waals surface area contributed by atoms with E-state index in [-0.39, 0.29) is 28.4 Å². The fraction of sp³-hybridized carbons (Fsp3) is 1.00. The monoisotopic (exact) mass is 182 g/mol. The van der Waals surface area contributed by atoms with Crippen LogP contribution < -0.4 is 0 Å². The van der Waals surface area contributed by atoms with Gasteiger partial charge in [0, 0.05) is 21.3 Å². The molecular weight excluding hydrogens is 156 g/mol. The fourth-order valence-corrected chi connectivity index (χ4v) is 0.556. The molecule has 0 spiro atoms. The lowest BCUT2D eigenvalue weighted by Gasteiger charge is -2.11. The smallest absolute Gasteiger partial charge is 0.104 e. The van der Waals surface area contributed by atoms with E-state index in [1.165, 1.54) is 0 Å². The maximum Gasteiger partial charge on any atom is 0.104 e. The zero-order valence-electron chi connectivity index (χ0n) is 6.22. The molecule has 0 aromatic heterocycles. The summed E-state index contributed by atoms with van der Waals surface area (Å²) in [4.78, 5) is 0. The molecule has 0 unspecified atom stereocenters. The Balaban J connectivity index is -0.000000107. The highest BCUT2D eigenvalue weighted by Gasteiger charge is 2.03. The van der Waals surface area contributed by atoms with E-state index in [2.05, 4.69) is 0 Å². The van der Waals surface area contributed by atoms with Gasteiger partial charge in [0.05, 0.1) is 13.2 Å². The van der Waals surface area contributed by atoms with E-state index in [0.717, 1.165) is 0 Å². The molecule has 0 N–H and O–H groups in total. The Bertz CT molecular complexity index is 51.7. The fourth-order valence-electron chi connectivity index (χ4n) is 0.556. The third-order valence-electron chi connectivity index (χ3n) is 1.04. The van der Waals surface area contributed by atoms with Crippen LogP contribution in [0.1, 0.15) is 22.3 Å². The summed E-state index contributed by atoms with van der Waals surface area (Å²) in [5, 5.41) is 0. The highest BCUT2D eigenvalue weighted by molar-refractivity contribution is 4.51. The Hall–Kier alpha value is -0.120. The van der Waals surface area contributed by atoms with Gasteiger partial charge in [0.15, 0.2) is 0 Å². The van der Waals surface area contributed by atoms with Crippen LogP contribution in [0.4, 0.5) is 0 Å². The predicted molar refractivity (Wildman–Crippen MR) is 54.7 cm³/mol. The summed E-state index contributed by atoms with van der Waals surface area (Å²) in [5.41, 5.74) is 0. The molecular formula is C9H26O3. The van der Waals surface area contributed by atoms with Gasteiger partial charge in [-0.25, -0.2) is 0 Å². The van der Waals surface area contributed by atoms with Crippen LogP contribution in [0.25, 0.3) is 0 Å². The minimum absolute atomic E-state index is 0. The van der Waals surface area contributed by atoms with Gasteiger partial charge in [-0.1, -0.05) is 22.3 Å². The average Bonchev–Trinajstić information content (AvgIpc) is 1.88. The molecule has 0 aliphatic rings. The third kappa shape index (κ3) is 12.5. The Kier molecular flexibility index (Phi) is 32.3. The van der Waals surface area contributed by atoms with Crippen LogP contribution in [-0.4, -0.2) is 40.6 Å². The first kappa shape index (κ1) is 22.6. The van der Waals surface area contributed by atoms with Gasteiger partial charge in [0.25, 0.3) is 0 Å². The quantitative estimate of drug-likeness (QED) is 0.652. The largest absolute Gasteiger partial charge is 0.382 e. The molecule has 0 fully saturated rings. The first-order valence-electron chi connectivity index (χ1n) is 2.85. The van der Waals surface area contributed by atoms with Crippen LogP contribution >= 0.6 is 0 Å². The topological polar surface area (TPSA) is 27.7 Å². The molecule has 12 heavy (non-hydrogen) atoms. The Labute approximate surface area is 78.0 Å². The molecule has 0 heterocycles. The molecule has 80 valence electrons. The molecule has 0 aliphatic heterocycles. The van der Waals surface area contributed by atoms with E-state index in [1.807, 2.05) is 0 Å². The van der Waals surface area contributed by atoms with Crippen molar-refractivity contribution < 1.29 is 14.2 Å². The molecule has 3 nitrogen and oxygen atoms in total. The van der Waals surface area contributed by atoms with Gasteiger partial charge < -0.3 is 14.2 Å². The SMILES string of the molecule is C.C.C.COCC(COC)OC. The summed E-state index contributed by atoms with van der Waals surface area (Å²) in [5.74, 6) is 0. The molecule has 0 aliphatic carbocycles. The summed E-state index contributed by atoms with van der Waals surface area (Å²) >= 11 is 0. The van der Waals surface area contributed by atoms with Crippen molar-refractivity contribution in [3.05, 3.63) is 0 Å². The van der Waals surface area contributed by atoms with Gasteiger partial charge >= 0.3 is 0 Å². The van der Waals surface area contributed by atoms with Gasteiger partial charge in [-0.2, -0.15) is 0 Å². The Morgan fingerprint density at radius 3 is 1.33 bits per heavy atom. The van der Waals surface area contributed by atoms with Crippen LogP contribution in [0.15, 0.2) is 0 Å². The normalized spacial score (nSPS) is 8.00. The maximum absolute atomic E-state index is 4.98. The molecule has 0 aromatic carbocycles. The summed E-state index contributed by atoms with van der Waals surface area (Å²) < 4.78 is 14.7. The van der Waals surface area contributed by atoms with Crippen LogP contribution in [-0.2, 0) is 14.2 Å². The van der Waals surface area contributed by atoms with Crippen molar-refractivity contribution >= 4 is 0 Å². The molecule has 3 heteroatoms. The number of hydrogen-bond acceptors (Lipinski definition) is 3. The van der Waals surface area contributed by atoms with Crippen molar-refractivity contribution in [2.24, 2.45) is 0 Å². The number of rotatable bonds is 5. The minimum atomic E-state index is 0. The van der Waals surface area contributed by atoms with Crippen LogP contribution in [0, 0.1) is 0 Å². The maximum atomic E-state index is 4.98. The molecule has 0 amide bonds. The second-order valence-corrected chi connectivity index (χ2v) is 1.77. The molecule has 0 radical (unpaired) electrons. The number of methoxy groups -OCH3 is 3. The van der Waals surface area contributed by atoms with Crippen molar-refractivity contribution in [3.63, 3.8) is 0 Å². The van der Waals surface area contributed by atoms with Gasteiger partial charge in [-0.15, -0.1) is 0 Å².